The zero-order chi connectivity index (χ0) is 25.0. The molecule has 190 valence electrons. The smallest absolute Gasteiger partial charge is 0.254 e. The van der Waals surface area contributed by atoms with Gasteiger partial charge in [0.05, 0.1) is 29.1 Å². The van der Waals surface area contributed by atoms with E-state index in [-0.39, 0.29) is 5.91 Å². The quantitative estimate of drug-likeness (QED) is 0.322. The number of nitrogens with one attached hydrogen (secondary N) is 1. The highest BCUT2D eigenvalue weighted by Crippen LogP contribution is 2.33. The summed E-state index contributed by atoms with van der Waals surface area (Å²) >= 11 is 1.68. The van der Waals surface area contributed by atoms with Crippen molar-refractivity contribution in [2.24, 2.45) is 0 Å². The Balaban J connectivity index is 1.14. The standard InChI is InChI=1S/C29H30N4O3S/c34-28(33-14-16-35-17-15-33)21-8-6-20(7-9-21)26-18-24(12-13-30-26)36-23-10-11-25-27(19-23)37-29(32-25)31-22-4-2-1-3-5-22/h6-13,18-19,22H,1-5,14-17H2,(H,31,32). The van der Waals surface area contributed by atoms with Crippen LogP contribution in [-0.4, -0.2) is 53.1 Å². The van der Waals surface area contributed by atoms with Crippen LogP contribution in [0.5, 0.6) is 11.5 Å². The Morgan fingerprint density at radius 2 is 1.76 bits per heavy atom. The highest BCUT2D eigenvalue weighted by atomic mass is 32.1. The number of carbonyl (C=O) groups excluding carboxylic acids is 1. The third kappa shape index (κ3) is 5.60. The molecule has 0 bridgehead atoms. The highest BCUT2D eigenvalue weighted by Gasteiger charge is 2.19. The number of aromatic nitrogens is 2. The zero-order valence-electron chi connectivity index (χ0n) is 20.7. The van der Waals surface area contributed by atoms with Gasteiger partial charge < -0.3 is 19.7 Å². The normalized spacial score (nSPS) is 16.6. The molecule has 0 atom stereocenters. The van der Waals surface area contributed by atoms with Crippen molar-refractivity contribution >= 4 is 32.6 Å². The number of hydrogen-bond donors (Lipinski definition) is 1. The zero-order valence-corrected chi connectivity index (χ0v) is 21.5. The molecule has 37 heavy (non-hydrogen) atoms. The molecule has 1 aliphatic heterocycles. The minimum absolute atomic E-state index is 0.0375. The Kier molecular flexibility index (Phi) is 7.01. The Labute approximate surface area is 220 Å². The monoisotopic (exact) mass is 514 g/mol. The van der Waals surface area contributed by atoms with Gasteiger partial charge in [-0.2, -0.15) is 0 Å². The molecular formula is C29H30N4O3S. The first-order valence-electron chi connectivity index (χ1n) is 13.0. The number of rotatable bonds is 6. The molecule has 2 aromatic heterocycles. The van der Waals surface area contributed by atoms with E-state index in [2.05, 4.69) is 10.3 Å². The minimum Gasteiger partial charge on any atom is -0.457 e. The van der Waals surface area contributed by atoms with Gasteiger partial charge in [-0.25, -0.2) is 4.98 Å². The molecule has 7 nitrogen and oxygen atoms in total. The molecule has 1 amide bonds. The molecule has 0 radical (unpaired) electrons. The summed E-state index contributed by atoms with van der Waals surface area (Å²) in [6, 6.07) is 17.9. The Bertz CT molecular complexity index is 1380. The van der Waals surface area contributed by atoms with Crippen LogP contribution in [0.2, 0.25) is 0 Å². The molecule has 3 heterocycles. The fourth-order valence-electron chi connectivity index (χ4n) is 4.95. The van der Waals surface area contributed by atoms with E-state index in [1.807, 2.05) is 59.5 Å². The van der Waals surface area contributed by atoms with Crippen LogP contribution in [0.1, 0.15) is 42.5 Å². The SMILES string of the molecule is O=C(c1ccc(-c2cc(Oc3ccc4nc(NC5CCCCC5)sc4c3)ccn2)cc1)N1CCOCC1. The van der Waals surface area contributed by atoms with Crippen LogP contribution in [0.4, 0.5) is 5.13 Å². The van der Waals surface area contributed by atoms with Crippen molar-refractivity contribution in [3.8, 4) is 22.8 Å². The summed E-state index contributed by atoms with van der Waals surface area (Å²) in [6.07, 6.45) is 8.13. The first-order valence-corrected chi connectivity index (χ1v) is 13.8. The molecule has 4 aromatic rings. The Morgan fingerprint density at radius 1 is 0.973 bits per heavy atom. The molecule has 2 fully saturated rings. The minimum atomic E-state index is 0.0375. The summed E-state index contributed by atoms with van der Waals surface area (Å²) < 4.78 is 12.6. The summed E-state index contributed by atoms with van der Waals surface area (Å²) in [6.45, 7) is 2.45. The van der Waals surface area contributed by atoms with E-state index in [1.165, 1.54) is 32.1 Å². The molecule has 0 spiro atoms. The van der Waals surface area contributed by atoms with Gasteiger partial charge in [-0.1, -0.05) is 42.7 Å². The first kappa shape index (κ1) is 23.9. The van der Waals surface area contributed by atoms with Crippen LogP contribution >= 0.6 is 11.3 Å². The van der Waals surface area contributed by atoms with Crippen molar-refractivity contribution in [2.75, 3.05) is 31.6 Å². The lowest BCUT2D eigenvalue weighted by Crippen LogP contribution is -2.40. The van der Waals surface area contributed by atoms with Gasteiger partial charge in [-0.3, -0.25) is 9.78 Å². The van der Waals surface area contributed by atoms with Crippen LogP contribution in [0.15, 0.2) is 60.8 Å². The van der Waals surface area contributed by atoms with E-state index >= 15 is 0 Å². The van der Waals surface area contributed by atoms with Gasteiger partial charge in [0.2, 0.25) is 0 Å². The second-order valence-corrected chi connectivity index (χ2v) is 10.6. The number of pyridine rings is 1. The maximum absolute atomic E-state index is 12.7. The topological polar surface area (TPSA) is 76.6 Å². The molecule has 2 aromatic carbocycles. The van der Waals surface area contributed by atoms with Gasteiger partial charge >= 0.3 is 0 Å². The van der Waals surface area contributed by atoms with E-state index in [0.717, 1.165) is 32.4 Å². The molecule has 1 saturated carbocycles. The molecule has 1 N–H and O–H groups in total. The fraction of sp³-hybridized carbons (Fsp3) is 0.345. The molecule has 1 aliphatic carbocycles. The summed E-state index contributed by atoms with van der Waals surface area (Å²) in [5, 5.41) is 4.61. The number of benzene rings is 2. The number of amides is 1. The van der Waals surface area contributed by atoms with Crippen LogP contribution < -0.4 is 10.1 Å². The number of hydrogen-bond acceptors (Lipinski definition) is 7. The molecular weight excluding hydrogens is 484 g/mol. The summed E-state index contributed by atoms with van der Waals surface area (Å²) in [7, 11) is 0. The first-order chi connectivity index (χ1) is 18.2. The van der Waals surface area contributed by atoms with E-state index in [9.17, 15) is 4.79 Å². The Morgan fingerprint density at radius 3 is 2.57 bits per heavy atom. The van der Waals surface area contributed by atoms with Crippen LogP contribution in [0.25, 0.3) is 21.5 Å². The Hall–Kier alpha value is -3.49. The predicted molar refractivity (Wildman–Crippen MR) is 147 cm³/mol. The average Bonchev–Trinajstić information content (AvgIpc) is 3.35. The number of carbonyl (C=O) groups is 1. The summed E-state index contributed by atoms with van der Waals surface area (Å²) in [4.78, 5) is 23.8. The highest BCUT2D eigenvalue weighted by molar-refractivity contribution is 7.22. The maximum Gasteiger partial charge on any atom is 0.254 e. The second kappa shape index (κ2) is 10.9. The van der Waals surface area contributed by atoms with Gasteiger partial charge in [-0.15, -0.1) is 0 Å². The molecule has 8 heteroatoms. The van der Waals surface area contributed by atoms with Crippen LogP contribution in [-0.2, 0) is 4.74 Å². The van der Waals surface area contributed by atoms with Gasteiger partial charge in [0.1, 0.15) is 11.5 Å². The molecule has 6 rings (SSSR count). The van der Waals surface area contributed by atoms with E-state index in [0.29, 0.717) is 43.7 Å². The number of morpholine rings is 1. The van der Waals surface area contributed by atoms with Gasteiger partial charge in [-0.05, 0) is 43.2 Å². The summed E-state index contributed by atoms with van der Waals surface area (Å²) in [5.74, 6) is 1.52. The average molecular weight is 515 g/mol. The van der Waals surface area contributed by atoms with Crippen molar-refractivity contribution in [3.05, 3.63) is 66.4 Å². The number of fused-ring (bicyclic) bond motifs is 1. The van der Waals surface area contributed by atoms with Gasteiger partial charge in [0.15, 0.2) is 5.13 Å². The van der Waals surface area contributed by atoms with Crippen LogP contribution in [0, 0.1) is 0 Å². The van der Waals surface area contributed by atoms with Gasteiger partial charge in [0.25, 0.3) is 5.91 Å². The maximum atomic E-state index is 12.7. The third-order valence-corrected chi connectivity index (χ3v) is 7.94. The number of nitrogens with zero attached hydrogens (tertiary/aromatic N) is 3. The third-order valence-electron chi connectivity index (χ3n) is 6.99. The van der Waals surface area contributed by atoms with Gasteiger partial charge in [0, 0.05) is 48.6 Å². The molecule has 1 saturated heterocycles. The predicted octanol–water partition coefficient (Wildman–Crippen LogP) is 6.37. The van der Waals surface area contributed by atoms with E-state index in [4.69, 9.17) is 14.5 Å². The number of ether oxygens (including phenoxy) is 2. The van der Waals surface area contributed by atoms with E-state index in [1.54, 1.807) is 17.5 Å². The lowest BCUT2D eigenvalue weighted by Gasteiger charge is -2.26. The van der Waals surface area contributed by atoms with Crippen molar-refractivity contribution in [1.29, 1.82) is 0 Å². The van der Waals surface area contributed by atoms with Crippen molar-refractivity contribution < 1.29 is 14.3 Å². The van der Waals surface area contributed by atoms with Crippen molar-refractivity contribution in [3.63, 3.8) is 0 Å². The largest absolute Gasteiger partial charge is 0.457 e. The molecule has 2 aliphatic rings. The van der Waals surface area contributed by atoms with Crippen LogP contribution in [0.3, 0.4) is 0 Å². The molecule has 0 unspecified atom stereocenters. The van der Waals surface area contributed by atoms with E-state index < -0.39 is 0 Å². The van der Waals surface area contributed by atoms with Crippen molar-refractivity contribution in [2.45, 2.75) is 38.1 Å². The summed E-state index contributed by atoms with van der Waals surface area (Å²) in [5.41, 5.74) is 3.38. The number of anilines is 1. The number of thiazole rings is 1. The lowest BCUT2D eigenvalue weighted by molar-refractivity contribution is 0.0303. The van der Waals surface area contributed by atoms with Crippen molar-refractivity contribution in [1.82, 2.24) is 14.9 Å². The fourth-order valence-corrected chi connectivity index (χ4v) is 5.92. The lowest BCUT2D eigenvalue weighted by atomic mass is 9.96. The second-order valence-electron chi connectivity index (χ2n) is 9.59.